The van der Waals surface area contributed by atoms with E-state index < -0.39 is 0 Å². The fourth-order valence-corrected chi connectivity index (χ4v) is 3.58. The Morgan fingerprint density at radius 1 is 0.786 bits per heavy atom. The van der Waals surface area contributed by atoms with Crippen LogP contribution in [0.2, 0.25) is 0 Å². The number of hydrogen-bond acceptors (Lipinski definition) is 5. The third-order valence-electron chi connectivity index (χ3n) is 5.26. The number of hydrogen-bond donors (Lipinski definition) is 0. The lowest BCUT2D eigenvalue weighted by Gasteiger charge is -2.36. The van der Waals surface area contributed by atoms with Gasteiger partial charge < -0.3 is 19.3 Å². The molecular formula is C21H31N3O4. The predicted octanol–water partition coefficient (Wildman–Crippen LogP) is 1.24. The first-order valence-corrected chi connectivity index (χ1v) is 10.3. The Bertz CT molecular complexity index is 611. The summed E-state index contributed by atoms with van der Waals surface area (Å²) in [6.45, 7) is 5.90. The molecule has 3 rings (SSSR count). The molecule has 0 saturated carbocycles. The summed E-state index contributed by atoms with van der Waals surface area (Å²) >= 11 is 0. The molecule has 0 atom stereocenters. The number of para-hydroxylation sites is 1. The molecule has 0 N–H and O–H groups in total. The van der Waals surface area contributed by atoms with Crippen molar-refractivity contribution in [2.24, 2.45) is 0 Å². The van der Waals surface area contributed by atoms with Gasteiger partial charge in [-0.1, -0.05) is 18.2 Å². The van der Waals surface area contributed by atoms with Gasteiger partial charge in [0.25, 0.3) is 0 Å². The SMILES string of the molecule is O=C(COCCOc1ccccc1)N1CCN(CC(=O)N2CCCCC2)CC1. The number of amides is 2. The van der Waals surface area contributed by atoms with Gasteiger partial charge in [0.2, 0.25) is 11.8 Å². The van der Waals surface area contributed by atoms with E-state index in [1.807, 2.05) is 40.1 Å². The van der Waals surface area contributed by atoms with Gasteiger partial charge in [-0.3, -0.25) is 14.5 Å². The molecule has 1 aromatic rings. The highest BCUT2D eigenvalue weighted by molar-refractivity contribution is 5.79. The van der Waals surface area contributed by atoms with E-state index in [9.17, 15) is 9.59 Å². The van der Waals surface area contributed by atoms with Gasteiger partial charge in [0.05, 0.1) is 13.2 Å². The number of ether oxygens (including phenoxy) is 2. The van der Waals surface area contributed by atoms with Crippen LogP contribution in [0.4, 0.5) is 0 Å². The molecule has 1 aromatic carbocycles. The number of piperidine rings is 1. The van der Waals surface area contributed by atoms with Crippen molar-refractivity contribution in [2.75, 3.05) is 65.6 Å². The second kappa shape index (κ2) is 11.0. The Morgan fingerprint density at radius 3 is 2.18 bits per heavy atom. The maximum absolute atomic E-state index is 12.4. The Kier molecular flexibility index (Phi) is 8.11. The van der Waals surface area contributed by atoms with E-state index in [0.717, 1.165) is 44.8 Å². The first-order valence-electron chi connectivity index (χ1n) is 10.3. The molecule has 0 aromatic heterocycles. The number of rotatable bonds is 8. The van der Waals surface area contributed by atoms with Crippen molar-refractivity contribution < 1.29 is 19.1 Å². The van der Waals surface area contributed by atoms with Crippen LogP contribution in [0.3, 0.4) is 0 Å². The summed E-state index contributed by atoms with van der Waals surface area (Å²) in [5.41, 5.74) is 0. The summed E-state index contributed by atoms with van der Waals surface area (Å²) in [5.74, 6) is 1.02. The highest BCUT2D eigenvalue weighted by atomic mass is 16.5. The average Bonchev–Trinajstić information content (AvgIpc) is 2.75. The second-order valence-electron chi connectivity index (χ2n) is 7.31. The number of piperazine rings is 1. The van der Waals surface area contributed by atoms with Crippen molar-refractivity contribution in [2.45, 2.75) is 19.3 Å². The first-order chi connectivity index (χ1) is 13.7. The van der Waals surface area contributed by atoms with Gasteiger partial charge in [-0.2, -0.15) is 0 Å². The first kappa shape index (κ1) is 20.6. The molecule has 0 spiro atoms. The van der Waals surface area contributed by atoms with E-state index in [1.165, 1.54) is 6.42 Å². The lowest BCUT2D eigenvalue weighted by atomic mass is 10.1. The van der Waals surface area contributed by atoms with Crippen molar-refractivity contribution in [3.63, 3.8) is 0 Å². The van der Waals surface area contributed by atoms with E-state index in [4.69, 9.17) is 9.47 Å². The smallest absolute Gasteiger partial charge is 0.248 e. The minimum Gasteiger partial charge on any atom is -0.491 e. The van der Waals surface area contributed by atoms with Gasteiger partial charge in [-0.15, -0.1) is 0 Å². The third-order valence-corrected chi connectivity index (χ3v) is 5.26. The molecule has 154 valence electrons. The van der Waals surface area contributed by atoms with Crippen LogP contribution < -0.4 is 4.74 Å². The molecule has 0 unspecified atom stereocenters. The van der Waals surface area contributed by atoms with Crippen LogP contribution in [-0.2, 0) is 14.3 Å². The average molecular weight is 389 g/mol. The molecule has 2 amide bonds. The topological polar surface area (TPSA) is 62.3 Å². The van der Waals surface area contributed by atoms with Crippen LogP contribution in [0.15, 0.2) is 30.3 Å². The zero-order valence-corrected chi connectivity index (χ0v) is 16.6. The van der Waals surface area contributed by atoms with Gasteiger partial charge in [-0.05, 0) is 31.4 Å². The molecule has 7 heteroatoms. The van der Waals surface area contributed by atoms with E-state index in [2.05, 4.69) is 4.90 Å². The van der Waals surface area contributed by atoms with Crippen LogP contribution in [0.5, 0.6) is 5.75 Å². The molecule has 2 aliphatic heterocycles. The molecule has 2 fully saturated rings. The highest BCUT2D eigenvalue weighted by Crippen LogP contribution is 2.10. The van der Waals surface area contributed by atoms with Crippen molar-refractivity contribution in [1.29, 1.82) is 0 Å². The molecule has 28 heavy (non-hydrogen) atoms. The number of nitrogens with zero attached hydrogens (tertiary/aromatic N) is 3. The van der Waals surface area contributed by atoms with Crippen LogP contribution in [-0.4, -0.2) is 92.1 Å². The minimum absolute atomic E-state index is 0.00159. The predicted molar refractivity (Wildman–Crippen MR) is 106 cm³/mol. The number of carbonyl (C=O) groups excluding carboxylic acids is 2. The maximum Gasteiger partial charge on any atom is 0.248 e. The van der Waals surface area contributed by atoms with Gasteiger partial charge in [0.1, 0.15) is 19.0 Å². The molecular weight excluding hydrogens is 358 g/mol. The molecule has 0 radical (unpaired) electrons. The van der Waals surface area contributed by atoms with E-state index in [0.29, 0.717) is 32.8 Å². The number of carbonyl (C=O) groups is 2. The Balaban J connectivity index is 1.26. The number of benzene rings is 1. The van der Waals surface area contributed by atoms with Crippen LogP contribution in [0.1, 0.15) is 19.3 Å². The summed E-state index contributed by atoms with van der Waals surface area (Å²) in [6.07, 6.45) is 3.46. The maximum atomic E-state index is 12.4. The minimum atomic E-state index is 0.00159. The monoisotopic (exact) mass is 389 g/mol. The highest BCUT2D eigenvalue weighted by Gasteiger charge is 2.24. The van der Waals surface area contributed by atoms with Crippen molar-refractivity contribution >= 4 is 11.8 Å². The molecule has 2 heterocycles. The van der Waals surface area contributed by atoms with Gasteiger partial charge in [-0.25, -0.2) is 0 Å². The third kappa shape index (κ3) is 6.49. The largest absolute Gasteiger partial charge is 0.491 e. The summed E-state index contributed by atoms with van der Waals surface area (Å²) in [6, 6.07) is 9.55. The van der Waals surface area contributed by atoms with E-state index in [1.54, 1.807) is 0 Å². The van der Waals surface area contributed by atoms with Gasteiger partial charge in [0, 0.05) is 39.3 Å². The summed E-state index contributed by atoms with van der Waals surface area (Å²) in [4.78, 5) is 30.6. The zero-order valence-electron chi connectivity index (χ0n) is 16.6. The fourth-order valence-electron chi connectivity index (χ4n) is 3.58. The van der Waals surface area contributed by atoms with Crippen molar-refractivity contribution in [1.82, 2.24) is 14.7 Å². The van der Waals surface area contributed by atoms with E-state index >= 15 is 0 Å². The van der Waals surface area contributed by atoms with Crippen LogP contribution >= 0.6 is 0 Å². The quantitative estimate of drug-likeness (QED) is 0.626. The summed E-state index contributed by atoms with van der Waals surface area (Å²) in [5, 5.41) is 0. The van der Waals surface area contributed by atoms with E-state index in [-0.39, 0.29) is 18.4 Å². The molecule has 0 bridgehead atoms. The summed E-state index contributed by atoms with van der Waals surface area (Å²) in [7, 11) is 0. The second-order valence-corrected chi connectivity index (χ2v) is 7.31. The molecule has 7 nitrogen and oxygen atoms in total. The fraction of sp³-hybridized carbons (Fsp3) is 0.619. The number of likely N-dealkylation sites (tertiary alicyclic amines) is 1. The van der Waals surface area contributed by atoms with Gasteiger partial charge >= 0.3 is 0 Å². The lowest BCUT2D eigenvalue weighted by molar-refractivity contribution is -0.139. The van der Waals surface area contributed by atoms with Crippen molar-refractivity contribution in [3.8, 4) is 5.75 Å². The van der Waals surface area contributed by atoms with Crippen LogP contribution in [0, 0.1) is 0 Å². The lowest BCUT2D eigenvalue weighted by Crippen LogP contribution is -2.52. The Labute approximate surface area is 167 Å². The Morgan fingerprint density at radius 2 is 1.46 bits per heavy atom. The summed E-state index contributed by atoms with van der Waals surface area (Å²) < 4.78 is 11.0. The molecule has 0 aliphatic carbocycles. The van der Waals surface area contributed by atoms with Crippen molar-refractivity contribution in [3.05, 3.63) is 30.3 Å². The van der Waals surface area contributed by atoms with Gasteiger partial charge in [0.15, 0.2) is 0 Å². The zero-order chi connectivity index (χ0) is 19.6. The Hall–Kier alpha value is -2.12. The standard InChI is InChI=1S/C21H31N3O4/c25-20(23-9-5-2-6-10-23)17-22-11-13-24(14-12-22)21(26)18-27-15-16-28-19-7-3-1-4-8-19/h1,3-4,7-8H,2,5-6,9-18H2. The molecule has 2 aliphatic rings. The normalized spacial score (nSPS) is 18.1. The van der Waals surface area contributed by atoms with Crippen LogP contribution in [0.25, 0.3) is 0 Å². The molecule has 2 saturated heterocycles.